The highest BCUT2D eigenvalue weighted by Crippen LogP contribution is 2.42. The van der Waals surface area contributed by atoms with Crippen LogP contribution in [0.1, 0.15) is 28.8 Å². The number of rotatable bonds is 4. The lowest BCUT2D eigenvalue weighted by Gasteiger charge is -2.23. The first-order valence-corrected chi connectivity index (χ1v) is 12.6. The average Bonchev–Trinajstić information content (AvgIpc) is 3.45. The Bertz CT molecular complexity index is 1590. The molecule has 3 aromatic heterocycles. The van der Waals surface area contributed by atoms with E-state index >= 15 is 0 Å². The summed E-state index contributed by atoms with van der Waals surface area (Å²) in [6, 6.07) is 13.9. The molecule has 1 aromatic carbocycles. The van der Waals surface area contributed by atoms with E-state index in [4.69, 9.17) is 11.1 Å². The lowest BCUT2D eigenvalue weighted by Crippen LogP contribution is -2.23. The van der Waals surface area contributed by atoms with Gasteiger partial charge in [0.1, 0.15) is 0 Å². The van der Waals surface area contributed by atoms with E-state index in [1.54, 1.807) is 0 Å². The summed E-state index contributed by atoms with van der Waals surface area (Å²) in [4.78, 5) is 26.5. The number of amides is 2. The Morgan fingerprint density at radius 2 is 1.86 bits per heavy atom. The van der Waals surface area contributed by atoms with Gasteiger partial charge in [0.15, 0.2) is 5.17 Å². The molecule has 176 valence electrons. The Morgan fingerprint density at radius 3 is 2.69 bits per heavy atom. The van der Waals surface area contributed by atoms with E-state index in [0.29, 0.717) is 17.1 Å². The lowest BCUT2D eigenvalue weighted by atomic mass is 9.84. The molecule has 4 aromatic rings. The Hall–Kier alpha value is -3.78. The summed E-state index contributed by atoms with van der Waals surface area (Å²) in [5, 5.41) is 11.2. The van der Waals surface area contributed by atoms with Gasteiger partial charge in [-0.2, -0.15) is 0 Å². The third kappa shape index (κ3) is 3.39. The van der Waals surface area contributed by atoms with E-state index in [-0.39, 0.29) is 17.0 Å². The maximum absolute atomic E-state index is 13.3. The second-order valence-electron chi connectivity index (χ2n) is 9.24. The fourth-order valence-electron chi connectivity index (χ4n) is 5.66. The number of nitrogens with zero attached hydrogens (tertiary/aromatic N) is 2. The second-order valence-corrected chi connectivity index (χ2v) is 10.3. The zero-order valence-electron chi connectivity index (χ0n) is 19.3. The minimum absolute atomic E-state index is 0.141. The number of fused-ring (bicyclic) bond motifs is 4. The number of benzene rings is 1. The number of imide groups is 1. The van der Waals surface area contributed by atoms with Crippen molar-refractivity contribution in [2.24, 2.45) is 18.7 Å². The standard InChI is InChI=1S/C27H25N5O2S/c1-31-13-18(16-6-2-3-7-19(16)31)23-24(26(34)30-25(23)33)22-17-10-9-15(14-35-27(28)29)12-21(17)32-11-5-4-8-20(22)32/h2-8,11,13,15H,9-10,12,14H2,1H3,(H3,28,29)(H,30,33,34). The maximum atomic E-state index is 13.3. The number of aryl methyl sites for hydroxylation is 1. The van der Waals surface area contributed by atoms with E-state index in [2.05, 4.69) is 9.72 Å². The quantitative estimate of drug-likeness (QED) is 0.234. The van der Waals surface area contributed by atoms with E-state index < -0.39 is 0 Å². The third-order valence-electron chi connectivity index (χ3n) is 7.16. The number of carbonyl (C=O) groups excluding carboxylic acids is 2. The molecule has 8 heteroatoms. The van der Waals surface area contributed by atoms with Gasteiger partial charge in [0, 0.05) is 52.9 Å². The van der Waals surface area contributed by atoms with Crippen LogP contribution in [0.3, 0.4) is 0 Å². The smallest absolute Gasteiger partial charge is 0.259 e. The molecule has 1 unspecified atom stereocenters. The second kappa shape index (κ2) is 8.16. The van der Waals surface area contributed by atoms with Crippen molar-refractivity contribution in [3.05, 3.63) is 77.2 Å². The van der Waals surface area contributed by atoms with E-state index in [0.717, 1.165) is 58.1 Å². The highest BCUT2D eigenvalue weighted by Gasteiger charge is 2.38. The number of para-hydroxylation sites is 1. The highest BCUT2D eigenvalue weighted by atomic mass is 32.2. The molecule has 35 heavy (non-hydrogen) atoms. The Labute approximate surface area is 206 Å². The van der Waals surface area contributed by atoms with Crippen LogP contribution in [-0.4, -0.2) is 31.7 Å². The molecule has 2 aliphatic rings. The first-order valence-electron chi connectivity index (χ1n) is 11.7. The number of carbonyl (C=O) groups is 2. The Balaban J connectivity index is 1.58. The minimum Gasteiger partial charge on any atom is -0.379 e. The SMILES string of the molecule is Cn1cc(C2=C(c3c4c(n5ccccc35)CC(CSC(=N)N)CC4)C(=O)NC2=O)c2ccccc21. The van der Waals surface area contributed by atoms with Crippen molar-refractivity contribution in [3.63, 3.8) is 0 Å². The molecule has 0 bridgehead atoms. The lowest BCUT2D eigenvalue weighted by molar-refractivity contribution is -0.122. The fourth-order valence-corrected chi connectivity index (χ4v) is 6.36. The van der Waals surface area contributed by atoms with Crippen LogP contribution in [0.5, 0.6) is 0 Å². The number of thioether (sulfide) groups is 1. The summed E-state index contributed by atoms with van der Waals surface area (Å²) >= 11 is 1.38. The molecule has 6 rings (SSSR count). The van der Waals surface area contributed by atoms with Gasteiger partial charge in [-0.25, -0.2) is 0 Å². The molecule has 4 N–H and O–H groups in total. The monoisotopic (exact) mass is 483 g/mol. The zero-order valence-corrected chi connectivity index (χ0v) is 20.1. The van der Waals surface area contributed by atoms with Crippen LogP contribution in [0, 0.1) is 11.3 Å². The van der Waals surface area contributed by atoms with Gasteiger partial charge in [-0.05, 0) is 48.9 Å². The van der Waals surface area contributed by atoms with Crippen molar-refractivity contribution in [1.29, 1.82) is 5.41 Å². The molecule has 2 amide bonds. The summed E-state index contributed by atoms with van der Waals surface area (Å²) in [6.07, 6.45) is 6.57. The van der Waals surface area contributed by atoms with Crippen molar-refractivity contribution in [2.75, 3.05) is 5.75 Å². The van der Waals surface area contributed by atoms with Crippen LogP contribution in [0.15, 0.2) is 54.9 Å². The molecule has 0 saturated heterocycles. The summed E-state index contributed by atoms with van der Waals surface area (Å²) in [5.74, 6) is 0.504. The third-order valence-corrected chi connectivity index (χ3v) is 8.11. The van der Waals surface area contributed by atoms with Crippen LogP contribution in [0.4, 0.5) is 0 Å². The van der Waals surface area contributed by atoms with Crippen molar-refractivity contribution in [3.8, 4) is 0 Å². The molecule has 1 aliphatic carbocycles. The molecule has 1 aliphatic heterocycles. The molecule has 0 fully saturated rings. The predicted octanol–water partition coefficient (Wildman–Crippen LogP) is 3.73. The van der Waals surface area contributed by atoms with Crippen molar-refractivity contribution < 1.29 is 9.59 Å². The zero-order chi connectivity index (χ0) is 24.3. The van der Waals surface area contributed by atoms with Crippen LogP contribution in [-0.2, 0) is 29.5 Å². The molecule has 7 nitrogen and oxygen atoms in total. The van der Waals surface area contributed by atoms with Crippen LogP contribution in [0.25, 0.3) is 27.6 Å². The summed E-state index contributed by atoms with van der Waals surface area (Å²) in [7, 11) is 1.95. The van der Waals surface area contributed by atoms with Crippen LogP contribution in [0.2, 0.25) is 0 Å². The first kappa shape index (κ1) is 21.7. The largest absolute Gasteiger partial charge is 0.379 e. The van der Waals surface area contributed by atoms with Gasteiger partial charge in [-0.3, -0.25) is 20.3 Å². The number of aromatic nitrogens is 2. The molecule has 0 saturated carbocycles. The fraction of sp³-hybridized carbons (Fsp3) is 0.222. The molecule has 0 spiro atoms. The van der Waals surface area contributed by atoms with Gasteiger partial charge in [-0.15, -0.1) is 0 Å². The Kier molecular flexibility index (Phi) is 5.07. The number of pyridine rings is 1. The van der Waals surface area contributed by atoms with Gasteiger partial charge in [0.05, 0.1) is 16.7 Å². The molecule has 4 heterocycles. The molecule has 1 atom stereocenters. The van der Waals surface area contributed by atoms with Gasteiger partial charge < -0.3 is 14.7 Å². The summed E-state index contributed by atoms with van der Waals surface area (Å²) in [6.45, 7) is 0. The van der Waals surface area contributed by atoms with Gasteiger partial charge >= 0.3 is 0 Å². The molecular weight excluding hydrogens is 458 g/mol. The van der Waals surface area contributed by atoms with Crippen molar-refractivity contribution >= 4 is 56.3 Å². The van der Waals surface area contributed by atoms with E-state index in [1.165, 1.54) is 17.5 Å². The van der Waals surface area contributed by atoms with Crippen LogP contribution >= 0.6 is 11.8 Å². The molecule has 0 radical (unpaired) electrons. The number of hydrogen-bond acceptors (Lipinski definition) is 4. The minimum atomic E-state index is -0.350. The topological polar surface area (TPSA) is 105 Å². The Morgan fingerprint density at radius 1 is 1.11 bits per heavy atom. The molecular formula is C27H25N5O2S. The maximum Gasteiger partial charge on any atom is 0.259 e. The normalized spacial score (nSPS) is 17.9. The highest BCUT2D eigenvalue weighted by molar-refractivity contribution is 8.13. The van der Waals surface area contributed by atoms with Gasteiger partial charge in [0.25, 0.3) is 11.8 Å². The summed E-state index contributed by atoms with van der Waals surface area (Å²) in [5.41, 5.74) is 12.4. The van der Waals surface area contributed by atoms with Crippen molar-refractivity contribution in [2.45, 2.75) is 19.3 Å². The number of nitrogens with two attached hydrogens (primary N) is 1. The number of nitrogens with one attached hydrogen (secondary N) is 2. The predicted molar refractivity (Wildman–Crippen MR) is 140 cm³/mol. The van der Waals surface area contributed by atoms with Crippen LogP contribution < -0.4 is 11.1 Å². The summed E-state index contributed by atoms with van der Waals surface area (Å²) < 4.78 is 4.16. The van der Waals surface area contributed by atoms with Gasteiger partial charge in [0.2, 0.25) is 0 Å². The number of amidine groups is 1. The average molecular weight is 484 g/mol. The van der Waals surface area contributed by atoms with Crippen molar-refractivity contribution in [1.82, 2.24) is 14.3 Å². The first-order chi connectivity index (χ1) is 16.9. The van der Waals surface area contributed by atoms with Gasteiger partial charge in [-0.1, -0.05) is 36.0 Å². The number of hydrogen-bond donors (Lipinski definition) is 3. The van der Waals surface area contributed by atoms with E-state index in [9.17, 15) is 9.59 Å². The van der Waals surface area contributed by atoms with E-state index in [1.807, 2.05) is 66.5 Å².